The van der Waals surface area contributed by atoms with E-state index in [0.29, 0.717) is 13.0 Å². The molecule has 2 rings (SSSR count). The van der Waals surface area contributed by atoms with Gasteiger partial charge in [0.1, 0.15) is 4.90 Å². The first kappa shape index (κ1) is 15.5. The molecule has 0 saturated heterocycles. The van der Waals surface area contributed by atoms with Crippen molar-refractivity contribution in [1.29, 1.82) is 0 Å². The number of sulfonamides is 1. The van der Waals surface area contributed by atoms with Gasteiger partial charge in [-0.3, -0.25) is 4.68 Å². The maximum atomic E-state index is 12.3. The predicted octanol–water partition coefficient (Wildman–Crippen LogP) is 1.38. The zero-order valence-electron chi connectivity index (χ0n) is 12.7. The Kier molecular flexibility index (Phi) is 3.73. The molecule has 6 nitrogen and oxygen atoms in total. The second kappa shape index (κ2) is 4.82. The van der Waals surface area contributed by atoms with E-state index in [1.807, 2.05) is 27.7 Å². The standard InChI is InChI=1S/C13H23N3O3S/c1-6-16-9-10(8-14-16)20(17,18)15-11-7-13(4,19-5)12(11,2)3/h8-9,11,15H,6-7H2,1-5H3/t11-,13+/m0/s1. The van der Waals surface area contributed by atoms with Gasteiger partial charge in [0.2, 0.25) is 10.0 Å². The molecule has 1 aromatic rings. The average molecular weight is 301 g/mol. The van der Waals surface area contributed by atoms with E-state index in [1.54, 1.807) is 18.0 Å². The van der Waals surface area contributed by atoms with Crippen LogP contribution < -0.4 is 4.72 Å². The number of hydrogen-bond donors (Lipinski definition) is 1. The summed E-state index contributed by atoms with van der Waals surface area (Å²) in [5.41, 5.74) is -0.552. The predicted molar refractivity (Wildman–Crippen MR) is 75.8 cm³/mol. The smallest absolute Gasteiger partial charge is 0.243 e. The zero-order valence-corrected chi connectivity index (χ0v) is 13.5. The molecule has 1 aliphatic carbocycles. The first-order valence-corrected chi connectivity index (χ1v) is 8.24. The molecule has 1 saturated carbocycles. The largest absolute Gasteiger partial charge is 0.378 e. The van der Waals surface area contributed by atoms with Crippen molar-refractivity contribution >= 4 is 10.0 Å². The highest BCUT2D eigenvalue weighted by molar-refractivity contribution is 7.89. The Bertz CT molecular complexity index is 594. The lowest BCUT2D eigenvalue weighted by molar-refractivity contribution is -0.175. The molecule has 2 atom stereocenters. The maximum Gasteiger partial charge on any atom is 0.243 e. The second-order valence-corrected chi connectivity index (χ2v) is 7.78. The van der Waals surface area contributed by atoms with Crippen LogP contribution in [0.15, 0.2) is 17.3 Å². The Hall–Kier alpha value is -0.920. The van der Waals surface area contributed by atoms with Gasteiger partial charge in [-0.1, -0.05) is 13.8 Å². The zero-order chi connectivity index (χ0) is 15.2. The number of hydrogen-bond acceptors (Lipinski definition) is 4. The molecular formula is C13H23N3O3S. The minimum absolute atomic E-state index is 0.137. The Balaban J connectivity index is 2.15. The number of nitrogens with one attached hydrogen (secondary N) is 1. The Morgan fingerprint density at radius 3 is 2.60 bits per heavy atom. The molecular weight excluding hydrogens is 278 g/mol. The number of nitrogens with zero attached hydrogens (tertiary/aromatic N) is 2. The molecule has 0 aromatic carbocycles. The van der Waals surface area contributed by atoms with E-state index in [1.165, 1.54) is 6.20 Å². The minimum atomic E-state index is -3.53. The van der Waals surface area contributed by atoms with Gasteiger partial charge in [-0.15, -0.1) is 0 Å². The molecule has 0 bridgehead atoms. The quantitative estimate of drug-likeness (QED) is 0.892. The van der Waals surface area contributed by atoms with Crippen molar-refractivity contribution in [3.05, 3.63) is 12.4 Å². The SMILES string of the molecule is CCn1cc(S(=O)(=O)N[C@H]2C[C@@](C)(OC)C2(C)C)cn1. The van der Waals surface area contributed by atoms with Gasteiger partial charge < -0.3 is 4.74 Å². The highest BCUT2D eigenvalue weighted by Crippen LogP contribution is 2.51. The summed E-state index contributed by atoms with van der Waals surface area (Å²) in [5.74, 6) is 0. The van der Waals surface area contributed by atoms with Gasteiger partial charge in [-0.2, -0.15) is 5.10 Å². The Morgan fingerprint density at radius 1 is 1.50 bits per heavy atom. The third kappa shape index (κ3) is 2.27. The number of rotatable bonds is 5. The van der Waals surface area contributed by atoms with Gasteiger partial charge in [0, 0.05) is 31.3 Å². The Morgan fingerprint density at radius 2 is 2.15 bits per heavy atom. The third-order valence-corrected chi connectivity index (χ3v) is 6.25. The molecule has 0 aliphatic heterocycles. The van der Waals surface area contributed by atoms with Gasteiger partial charge in [0.25, 0.3) is 0 Å². The van der Waals surface area contributed by atoms with E-state index in [9.17, 15) is 8.42 Å². The van der Waals surface area contributed by atoms with Crippen molar-refractivity contribution in [2.75, 3.05) is 7.11 Å². The first-order valence-electron chi connectivity index (χ1n) is 6.76. The fourth-order valence-corrected chi connectivity index (χ4v) is 3.93. The second-order valence-electron chi connectivity index (χ2n) is 6.07. The third-order valence-electron chi connectivity index (χ3n) is 4.82. The van der Waals surface area contributed by atoms with Crippen LogP contribution >= 0.6 is 0 Å². The number of aryl methyl sites for hydroxylation is 1. The highest BCUT2D eigenvalue weighted by atomic mass is 32.2. The molecule has 1 aliphatic rings. The molecule has 1 heterocycles. The van der Waals surface area contributed by atoms with Crippen LogP contribution in [0, 0.1) is 5.41 Å². The molecule has 1 fully saturated rings. The Labute approximate surface area is 120 Å². The lowest BCUT2D eigenvalue weighted by Gasteiger charge is -2.58. The van der Waals surface area contributed by atoms with Crippen molar-refractivity contribution in [2.24, 2.45) is 5.41 Å². The lowest BCUT2D eigenvalue weighted by Crippen LogP contribution is -2.68. The van der Waals surface area contributed by atoms with Crippen LogP contribution in [0.3, 0.4) is 0 Å². The summed E-state index contributed by atoms with van der Waals surface area (Å²) in [6.45, 7) is 8.60. The molecule has 114 valence electrons. The summed E-state index contributed by atoms with van der Waals surface area (Å²) in [4.78, 5) is 0.209. The van der Waals surface area contributed by atoms with Crippen molar-refractivity contribution in [3.63, 3.8) is 0 Å². The van der Waals surface area contributed by atoms with E-state index in [2.05, 4.69) is 9.82 Å². The molecule has 0 unspecified atom stereocenters. The monoisotopic (exact) mass is 301 g/mol. The van der Waals surface area contributed by atoms with Crippen molar-refractivity contribution < 1.29 is 13.2 Å². The van der Waals surface area contributed by atoms with Gasteiger partial charge in [0.05, 0.1) is 11.8 Å². The topological polar surface area (TPSA) is 73.2 Å². The normalized spacial score (nSPS) is 29.1. The number of methoxy groups -OCH3 is 1. The van der Waals surface area contributed by atoms with Crippen LogP contribution in [-0.4, -0.2) is 37.0 Å². The van der Waals surface area contributed by atoms with E-state index < -0.39 is 10.0 Å². The molecule has 1 N–H and O–H groups in total. The molecule has 20 heavy (non-hydrogen) atoms. The number of ether oxygens (including phenoxy) is 1. The summed E-state index contributed by atoms with van der Waals surface area (Å²) >= 11 is 0. The van der Waals surface area contributed by atoms with Gasteiger partial charge in [-0.25, -0.2) is 13.1 Å². The summed E-state index contributed by atoms with van der Waals surface area (Å²) in [6, 6.07) is -0.137. The summed E-state index contributed by atoms with van der Waals surface area (Å²) < 4.78 is 34.6. The summed E-state index contributed by atoms with van der Waals surface area (Å²) in [6.07, 6.45) is 3.59. The van der Waals surface area contributed by atoms with Crippen LogP contribution in [0.1, 0.15) is 34.1 Å². The van der Waals surface area contributed by atoms with Crippen molar-refractivity contribution in [3.8, 4) is 0 Å². The van der Waals surface area contributed by atoms with Crippen molar-refractivity contribution in [2.45, 2.75) is 57.2 Å². The summed E-state index contributed by atoms with van der Waals surface area (Å²) in [7, 11) is -1.86. The van der Waals surface area contributed by atoms with E-state index in [-0.39, 0.29) is 22.0 Å². The molecule has 1 aromatic heterocycles. The minimum Gasteiger partial charge on any atom is -0.378 e. The summed E-state index contributed by atoms with van der Waals surface area (Å²) in [5, 5.41) is 4.01. The molecule has 0 radical (unpaired) electrons. The van der Waals surface area contributed by atoms with Crippen LogP contribution in [0.4, 0.5) is 0 Å². The maximum absolute atomic E-state index is 12.3. The van der Waals surface area contributed by atoms with Crippen molar-refractivity contribution in [1.82, 2.24) is 14.5 Å². The van der Waals surface area contributed by atoms with Gasteiger partial charge >= 0.3 is 0 Å². The van der Waals surface area contributed by atoms with Crippen LogP contribution in [0.2, 0.25) is 0 Å². The molecule has 0 amide bonds. The van der Waals surface area contributed by atoms with Gasteiger partial charge in [0.15, 0.2) is 0 Å². The van der Waals surface area contributed by atoms with E-state index >= 15 is 0 Å². The molecule has 7 heteroatoms. The molecule has 0 spiro atoms. The van der Waals surface area contributed by atoms with E-state index in [0.717, 1.165) is 0 Å². The van der Waals surface area contributed by atoms with Crippen LogP contribution in [0.25, 0.3) is 0 Å². The number of aromatic nitrogens is 2. The van der Waals surface area contributed by atoms with Crippen LogP contribution in [-0.2, 0) is 21.3 Å². The highest BCUT2D eigenvalue weighted by Gasteiger charge is 2.58. The average Bonchev–Trinajstić information content (AvgIpc) is 2.87. The first-order chi connectivity index (χ1) is 9.16. The van der Waals surface area contributed by atoms with Crippen LogP contribution in [0.5, 0.6) is 0 Å². The fourth-order valence-electron chi connectivity index (χ4n) is 2.59. The van der Waals surface area contributed by atoms with Gasteiger partial charge in [-0.05, 0) is 20.3 Å². The van der Waals surface area contributed by atoms with E-state index in [4.69, 9.17) is 4.74 Å². The lowest BCUT2D eigenvalue weighted by atomic mass is 9.56. The fraction of sp³-hybridized carbons (Fsp3) is 0.769.